The lowest BCUT2D eigenvalue weighted by molar-refractivity contribution is 0.0520. The first kappa shape index (κ1) is 16.4. The van der Waals surface area contributed by atoms with Gasteiger partial charge in [-0.15, -0.1) is 5.10 Å². The number of hydrogen-bond acceptors (Lipinski definition) is 6. The molecule has 0 spiro atoms. The van der Waals surface area contributed by atoms with Gasteiger partial charge in [-0.1, -0.05) is 5.21 Å². The van der Waals surface area contributed by atoms with E-state index in [2.05, 4.69) is 10.3 Å². The van der Waals surface area contributed by atoms with E-state index in [1.165, 1.54) is 41.1 Å². The normalized spacial score (nSPS) is 10.6. The Bertz CT molecular complexity index is 922. The van der Waals surface area contributed by atoms with E-state index >= 15 is 0 Å². The van der Waals surface area contributed by atoms with Crippen molar-refractivity contribution in [3.8, 4) is 28.4 Å². The fourth-order valence-corrected chi connectivity index (χ4v) is 2.35. The van der Waals surface area contributed by atoms with Crippen LogP contribution in [0.25, 0.3) is 16.9 Å². The number of rotatable bonds is 4. The van der Waals surface area contributed by atoms with Gasteiger partial charge in [0.05, 0.1) is 6.61 Å². The van der Waals surface area contributed by atoms with Crippen LogP contribution in [0.1, 0.15) is 17.4 Å². The molecule has 0 bridgehead atoms. The van der Waals surface area contributed by atoms with Crippen LogP contribution in [0.15, 0.2) is 42.5 Å². The fraction of sp³-hybridized carbons (Fsp3) is 0.118. The van der Waals surface area contributed by atoms with Crippen LogP contribution in [0.3, 0.4) is 0 Å². The molecule has 0 amide bonds. The fourth-order valence-electron chi connectivity index (χ4n) is 2.35. The van der Waals surface area contributed by atoms with Crippen molar-refractivity contribution in [3.63, 3.8) is 0 Å². The van der Waals surface area contributed by atoms with Crippen molar-refractivity contribution in [2.45, 2.75) is 6.92 Å². The first-order chi connectivity index (χ1) is 12.0. The summed E-state index contributed by atoms with van der Waals surface area (Å²) in [5, 5.41) is 27.3. The monoisotopic (exact) mass is 343 g/mol. The molecule has 3 rings (SSSR count). The number of halogens is 1. The van der Waals surface area contributed by atoms with Crippen LogP contribution < -0.4 is 0 Å². The Balaban J connectivity index is 2.22. The van der Waals surface area contributed by atoms with E-state index in [4.69, 9.17) is 4.74 Å². The number of phenols is 2. The van der Waals surface area contributed by atoms with Gasteiger partial charge in [0.15, 0.2) is 5.69 Å². The summed E-state index contributed by atoms with van der Waals surface area (Å²) >= 11 is 0. The second kappa shape index (κ2) is 6.60. The Morgan fingerprint density at radius 2 is 1.92 bits per heavy atom. The molecule has 0 fully saturated rings. The Labute approximate surface area is 141 Å². The standard InChI is InChI=1S/C17H14FN3O4/c1-2-25-17(24)15-16(10-3-5-11(18)6-4-10)21(20-19-15)13-8-7-12(22)9-14(13)23/h3-9,22-23H,2H2,1H3. The van der Waals surface area contributed by atoms with Crippen LogP contribution in [0.2, 0.25) is 0 Å². The number of carbonyl (C=O) groups is 1. The zero-order chi connectivity index (χ0) is 18.0. The van der Waals surface area contributed by atoms with Crippen LogP contribution in [0.5, 0.6) is 11.5 Å². The molecule has 25 heavy (non-hydrogen) atoms. The summed E-state index contributed by atoms with van der Waals surface area (Å²) in [6.45, 7) is 1.81. The van der Waals surface area contributed by atoms with Gasteiger partial charge < -0.3 is 14.9 Å². The van der Waals surface area contributed by atoms with E-state index in [0.717, 1.165) is 6.07 Å². The third kappa shape index (κ3) is 3.14. The molecule has 0 aliphatic heterocycles. The zero-order valence-corrected chi connectivity index (χ0v) is 13.2. The van der Waals surface area contributed by atoms with Crippen molar-refractivity contribution in [3.05, 3.63) is 54.0 Å². The molecule has 128 valence electrons. The summed E-state index contributed by atoms with van der Waals surface area (Å²) in [4.78, 5) is 12.2. The van der Waals surface area contributed by atoms with Crippen molar-refractivity contribution in [1.29, 1.82) is 0 Å². The lowest BCUT2D eigenvalue weighted by Crippen LogP contribution is -2.08. The summed E-state index contributed by atoms with van der Waals surface area (Å²) in [7, 11) is 0. The number of esters is 1. The van der Waals surface area contributed by atoms with E-state index in [1.807, 2.05) is 0 Å². The highest BCUT2D eigenvalue weighted by Gasteiger charge is 2.24. The number of nitrogens with zero attached hydrogens (tertiary/aromatic N) is 3. The molecule has 3 aromatic rings. The first-order valence-electron chi connectivity index (χ1n) is 7.42. The highest BCUT2D eigenvalue weighted by Crippen LogP contribution is 2.31. The maximum atomic E-state index is 13.2. The maximum Gasteiger partial charge on any atom is 0.361 e. The van der Waals surface area contributed by atoms with Crippen molar-refractivity contribution < 1.29 is 24.1 Å². The minimum Gasteiger partial charge on any atom is -0.508 e. The average Bonchev–Trinajstić information content (AvgIpc) is 3.00. The van der Waals surface area contributed by atoms with Crippen LogP contribution in [0, 0.1) is 5.82 Å². The molecule has 0 saturated carbocycles. The van der Waals surface area contributed by atoms with Gasteiger partial charge >= 0.3 is 5.97 Å². The van der Waals surface area contributed by atoms with Gasteiger partial charge in [-0.3, -0.25) is 0 Å². The molecule has 0 aliphatic carbocycles. The lowest BCUT2D eigenvalue weighted by Gasteiger charge is -2.10. The predicted molar refractivity (Wildman–Crippen MR) is 86.0 cm³/mol. The Morgan fingerprint density at radius 3 is 2.56 bits per heavy atom. The van der Waals surface area contributed by atoms with Gasteiger partial charge in [-0.2, -0.15) is 0 Å². The van der Waals surface area contributed by atoms with Gasteiger partial charge in [0.25, 0.3) is 0 Å². The average molecular weight is 343 g/mol. The van der Waals surface area contributed by atoms with Crippen LogP contribution in [-0.4, -0.2) is 37.8 Å². The quantitative estimate of drug-likeness (QED) is 0.707. The second-order valence-corrected chi connectivity index (χ2v) is 5.10. The Morgan fingerprint density at radius 1 is 1.20 bits per heavy atom. The van der Waals surface area contributed by atoms with E-state index in [1.54, 1.807) is 6.92 Å². The zero-order valence-electron chi connectivity index (χ0n) is 13.2. The Hall–Kier alpha value is -3.42. The van der Waals surface area contributed by atoms with E-state index in [0.29, 0.717) is 5.56 Å². The van der Waals surface area contributed by atoms with E-state index < -0.39 is 11.8 Å². The van der Waals surface area contributed by atoms with Gasteiger partial charge in [0.2, 0.25) is 0 Å². The van der Waals surface area contributed by atoms with E-state index in [-0.39, 0.29) is 35.2 Å². The molecule has 1 heterocycles. The smallest absolute Gasteiger partial charge is 0.361 e. The molecule has 8 heteroatoms. The van der Waals surface area contributed by atoms with Gasteiger partial charge in [-0.05, 0) is 43.3 Å². The van der Waals surface area contributed by atoms with Crippen molar-refractivity contribution in [2.24, 2.45) is 0 Å². The van der Waals surface area contributed by atoms with Gasteiger partial charge in [0.1, 0.15) is 28.7 Å². The molecule has 0 radical (unpaired) electrons. The molecule has 0 aliphatic rings. The number of benzene rings is 2. The van der Waals surface area contributed by atoms with E-state index in [9.17, 15) is 19.4 Å². The molecule has 1 aromatic heterocycles. The SMILES string of the molecule is CCOC(=O)c1nnn(-c2ccc(O)cc2O)c1-c1ccc(F)cc1. The van der Waals surface area contributed by atoms with Crippen molar-refractivity contribution in [1.82, 2.24) is 15.0 Å². The van der Waals surface area contributed by atoms with Crippen molar-refractivity contribution in [2.75, 3.05) is 6.61 Å². The minimum absolute atomic E-state index is 0.0686. The number of aromatic nitrogens is 3. The lowest BCUT2D eigenvalue weighted by atomic mass is 10.1. The summed E-state index contributed by atoms with van der Waals surface area (Å²) in [6.07, 6.45) is 0. The molecule has 2 aromatic carbocycles. The number of aromatic hydroxyl groups is 2. The van der Waals surface area contributed by atoms with Crippen LogP contribution in [0.4, 0.5) is 4.39 Å². The topological polar surface area (TPSA) is 97.5 Å². The number of hydrogen-bond donors (Lipinski definition) is 2. The highest BCUT2D eigenvalue weighted by atomic mass is 19.1. The van der Waals surface area contributed by atoms with Crippen LogP contribution >= 0.6 is 0 Å². The largest absolute Gasteiger partial charge is 0.508 e. The summed E-state index contributed by atoms with van der Waals surface area (Å²) < 4.78 is 19.5. The summed E-state index contributed by atoms with van der Waals surface area (Å²) in [5.41, 5.74) is 0.822. The highest BCUT2D eigenvalue weighted by molar-refractivity contribution is 5.94. The molecule has 7 nitrogen and oxygen atoms in total. The van der Waals surface area contributed by atoms with Crippen molar-refractivity contribution >= 4 is 5.97 Å². The summed E-state index contributed by atoms with van der Waals surface area (Å²) in [6, 6.07) is 9.30. The molecule has 2 N–H and O–H groups in total. The molecule has 0 saturated heterocycles. The minimum atomic E-state index is -0.689. The third-order valence-corrected chi connectivity index (χ3v) is 3.44. The second-order valence-electron chi connectivity index (χ2n) is 5.10. The number of phenolic OH excluding ortho intramolecular Hbond substituents is 2. The first-order valence-corrected chi connectivity index (χ1v) is 7.42. The molecule has 0 unspecified atom stereocenters. The molecular weight excluding hydrogens is 329 g/mol. The van der Waals surface area contributed by atoms with Gasteiger partial charge in [0, 0.05) is 11.6 Å². The summed E-state index contributed by atoms with van der Waals surface area (Å²) in [5.74, 6) is -1.52. The number of carbonyl (C=O) groups excluding carboxylic acids is 1. The van der Waals surface area contributed by atoms with Gasteiger partial charge in [-0.25, -0.2) is 13.9 Å². The molecule has 0 atom stereocenters. The predicted octanol–water partition coefficient (Wildman–Crippen LogP) is 2.66. The maximum absolute atomic E-state index is 13.2. The third-order valence-electron chi connectivity index (χ3n) is 3.44. The van der Waals surface area contributed by atoms with Crippen LogP contribution in [-0.2, 0) is 4.74 Å². The molecular formula is C17H14FN3O4. The number of ether oxygens (including phenoxy) is 1. The Kier molecular flexibility index (Phi) is 4.34.